The molecule has 0 radical (unpaired) electrons. The van der Waals surface area contributed by atoms with Crippen molar-refractivity contribution in [3.63, 3.8) is 0 Å². The highest BCUT2D eigenvalue weighted by atomic mass is 16.3. The largest absolute Gasteiger partial charge is 0.392 e. The van der Waals surface area contributed by atoms with Gasteiger partial charge in [-0.15, -0.1) is 0 Å². The second kappa shape index (κ2) is 2.46. The van der Waals surface area contributed by atoms with E-state index in [1.54, 1.807) is 0 Å². The van der Waals surface area contributed by atoms with Gasteiger partial charge in [-0.25, -0.2) is 0 Å². The molecule has 2 N–H and O–H groups in total. The Morgan fingerprint density at radius 1 is 0.909 bits per heavy atom. The molecule has 0 aliphatic heterocycles. The van der Waals surface area contributed by atoms with Gasteiger partial charge in [0.1, 0.15) is 0 Å². The summed E-state index contributed by atoms with van der Waals surface area (Å²) in [6, 6.07) is 0. The van der Waals surface area contributed by atoms with Crippen molar-refractivity contribution in [2.45, 2.75) is 50.7 Å². The SMILES string of the molecule is OC1CCCCC12CCC2O. The van der Waals surface area contributed by atoms with Gasteiger partial charge >= 0.3 is 0 Å². The van der Waals surface area contributed by atoms with E-state index < -0.39 is 0 Å². The van der Waals surface area contributed by atoms with E-state index in [0.717, 1.165) is 32.1 Å². The van der Waals surface area contributed by atoms with Crippen LogP contribution in [0.15, 0.2) is 0 Å². The summed E-state index contributed by atoms with van der Waals surface area (Å²) < 4.78 is 0. The van der Waals surface area contributed by atoms with Crippen LogP contribution in [0.2, 0.25) is 0 Å². The van der Waals surface area contributed by atoms with Gasteiger partial charge in [-0.1, -0.05) is 12.8 Å². The lowest BCUT2D eigenvalue weighted by molar-refractivity contribution is -0.156. The molecule has 3 atom stereocenters. The molecule has 2 aliphatic rings. The summed E-state index contributed by atoms with van der Waals surface area (Å²) in [5.41, 5.74) is -0.0712. The van der Waals surface area contributed by atoms with E-state index in [9.17, 15) is 10.2 Å². The van der Waals surface area contributed by atoms with Crippen molar-refractivity contribution in [3.05, 3.63) is 0 Å². The summed E-state index contributed by atoms with van der Waals surface area (Å²) in [5.74, 6) is 0. The normalized spacial score (nSPS) is 50.7. The molecule has 0 aromatic rings. The van der Waals surface area contributed by atoms with Crippen LogP contribution < -0.4 is 0 Å². The van der Waals surface area contributed by atoms with Crippen LogP contribution in [-0.4, -0.2) is 22.4 Å². The van der Waals surface area contributed by atoms with Gasteiger partial charge in [0.2, 0.25) is 0 Å². The van der Waals surface area contributed by atoms with Crippen molar-refractivity contribution < 1.29 is 10.2 Å². The average Bonchev–Trinajstić information content (AvgIpc) is 2.03. The monoisotopic (exact) mass is 156 g/mol. The maximum absolute atomic E-state index is 9.69. The molecular formula is C9H16O2. The Morgan fingerprint density at radius 2 is 1.64 bits per heavy atom. The van der Waals surface area contributed by atoms with Crippen LogP contribution in [0, 0.1) is 5.41 Å². The van der Waals surface area contributed by atoms with Gasteiger partial charge in [-0.05, 0) is 25.7 Å². The number of hydrogen-bond donors (Lipinski definition) is 2. The van der Waals surface area contributed by atoms with Gasteiger partial charge < -0.3 is 10.2 Å². The highest BCUT2D eigenvalue weighted by Crippen LogP contribution is 2.51. The van der Waals surface area contributed by atoms with Gasteiger partial charge in [0.05, 0.1) is 12.2 Å². The maximum atomic E-state index is 9.69. The van der Waals surface area contributed by atoms with E-state index in [1.165, 1.54) is 6.42 Å². The van der Waals surface area contributed by atoms with Crippen molar-refractivity contribution in [3.8, 4) is 0 Å². The van der Waals surface area contributed by atoms with E-state index in [4.69, 9.17) is 0 Å². The van der Waals surface area contributed by atoms with Crippen molar-refractivity contribution in [2.24, 2.45) is 5.41 Å². The van der Waals surface area contributed by atoms with Crippen molar-refractivity contribution in [2.75, 3.05) is 0 Å². The highest BCUT2D eigenvalue weighted by Gasteiger charge is 2.51. The third-order valence-electron chi connectivity index (χ3n) is 3.58. The van der Waals surface area contributed by atoms with Crippen LogP contribution in [-0.2, 0) is 0 Å². The molecule has 2 rings (SSSR count). The third kappa shape index (κ3) is 0.926. The van der Waals surface area contributed by atoms with Gasteiger partial charge in [-0.3, -0.25) is 0 Å². The molecule has 0 aromatic carbocycles. The van der Waals surface area contributed by atoms with Crippen molar-refractivity contribution in [1.29, 1.82) is 0 Å². The second-order valence-electron chi connectivity index (χ2n) is 4.05. The molecule has 2 fully saturated rings. The summed E-state index contributed by atoms with van der Waals surface area (Å²) in [6.45, 7) is 0. The minimum absolute atomic E-state index is 0.0712. The van der Waals surface area contributed by atoms with Crippen LogP contribution in [0.4, 0.5) is 0 Å². The second-order valence-corrected chi connectivity index (χ2v) is 4.05. The van der Waals surface area contributed by atoms with E-state index in [-0.39, 0.29) is 17.6 Å². The van der Waals surface area contributed by atoms with Gasteiger partial charge in [0.25, 0.3) is 0 Å². The standard InChI is InChI=1S/C9H16O2/c10-7-3-1-2-5-9(7)6-4-8(9)11/h7-8,10-11H,1-6H2. The minimum Gasteiger partial charge on any atom is -0.392 e. The van der Waals surface area contributed by atoms with Crippen LogP contribution >= 0.6 is 0 Å². The molecule has 0 saturated heterocycles. The molecule has 1 spiro atoms. The van der Waals surface area contributed by atoms with Crippen molar-refractivity contribution >= 4 is 0 Å². The molecule has 2 nitrogen and oxygen atoms in total. The summed E-state index contributed by atoms with van der Waals surface area (Å²) in [5, 5.41) is 19.2. The lowest BCUT2D eigenvalue weighted by Crippen LogP contribution is -2.54. The molecular weight excluding hydrogens is 140 g/mol. The summed E-state index contributed by atoms with van der Waals surface area (Å²) >= 11 is 0. The summed E-state index contributed by atoms with van der Waals surface area (Å²) in [6.07, 6.45) is 5.76. The fraction of sp³-hybridized carbons (Fsp3) is 1.00. The maximum Gasteiger partial charge on any atom is 0.0621 e. The molecule has 0 bridgehead atoms. The molecule has 2 heteroatoms. The van der Waals surface area contributed by atoms with E-state index in [0.29, 0.717) is 0 Å². The van der Waals surface area contributed by atoms with Crippen LogP contribution in [0.1, 0.15) is 38.5 Å². The first-order valence-corrected chi connectivity index (χ1v) is 4.62. The van der Waals surface area contributed by atoms with Gasteiger partial charge in [0.15, 0.2) is 0 Å². The predicted molar refractivity (Wildman–Crippen MR) is 42.1 cm³/mol. The first-order valence-electron chi connectivity index (χ1n) is 4.62. The fourth-order valence-corrected chi connectivity index (χ4v) is 2.57. The van der Waals surface area contributed by atoms with E-state index in [1.807, 2.05) is 0 Å². The Morgan fingerprint density at radius 3 is 2.00 bits per heavy atom. The molecule has 2 saturated carbocycles. The Balaban J connectivity index is 2.09. The molecule has 11 heavy (non-hydrogen) atoms. The Hall–Kier alpha value is -0.0800. The smallest absolute Gasteiger partial charge is 0.0621 e. The van der Waals surface area contributed by atoms with Gasteiger partial charge in [0, 0.05) is 5.41 Å². The zero-order chi connectivity index (χ0) is 7.90. The third-order valence-corrected chi connectivity index (χ3v) is 3.58. The number of aliphatic hydroxyl groups excluding tert-OH is 2. The molecule has 0 heterocycles. The highest BCUT2D eigenvalue weighted by molar-refractivity contribution is 5.02. The number of rotatable bonds is 0. The lowest BCUT2D eigenvalue weighted by atomic mass is 9.57. The van der Waals surface area contributed by atoms with Crippen LogP contribution in [0.3, 0.4) is 0 Å². The molecule has 3 unspecified atom stereocenters. The lowest BCUT2D eigenvalue weighted by Gasteiger charge is -2.52. The summed E-state index contributed by atoms with van der Waals surface area (Å²) in [4.78, 5) is 0. The fourth-order valence-electron chi connectivity index (χ4n) is 2.57. The van der Waals surface area contributed by atoms with E-state index in [2.05, 4.69) is 0 Å². The Labute approximate surface area is 67.2 Å². The summed E-state index contributed by atoms with van der Waals surface area (Å²) in [7, 11) is 0. The van der Waals surface area contributed by atoms with E-state index >= 15 is 0 Å². The molecule has 0 amide bonds. The molecule has 0 aromatic heterocycles. The molecule has 2 aliphatic carbocycles. The average molecular weight is 156 g/mol. The minimum atomic E-state index is -0.222. The van der Waals surface area contributed by atoms with Crippen LogP contribution in [0.25, 0.3) is 0 Å². The molecule has 64 valence electrons. The quantitative estimate of drug-likeness (QED) is 0.550. The Bertz CT molecular complexity index is 158. The van der Waals surface area contributed by atoms with Crippen LogP contribution in [0.5, 0.6) is 0 Å². The van der Waals surface area contributed by atoms with Crippen molar-refractivity contribution in [1.82, 2.24) is 0 Å². The topological polar surface area (TPSA) is 40.5 Å². The first-order chi connectivity index (χ1) is 5.26. The number of hydrogen-bond acceptors (Lipinski definition) is 2. The zero-order valence-electron chi connectivity index (χ0n) is 6.79. The Kier molecular flexibility index (Phi) is 1.69. The number of aliphatic hydroxyl groups is 2. The zero-order valence-corrected chi connectivity index (χ0v) is 6.79. The predicted octanol–water partition coefficient (Wildman–Crippen LogP) is 1.06. The first kappa shape index (κ1) is 7.56. The van der Waals surface area contributed by atoms with Gasteiger partial charge in [-0.2, -0.15) is 0 Å².